The molecule has 1 fully saturated rings. The third-order valence-corrected chi connectivity index (χ3v) is 4.04. The summed E-state index contributed by atoms with van der Waals surface area (Å²) in [4.78, 5) is 23.7. The van der Waals surface area contributed by atoms with E-state index in [4.69, 9.17) is 9.15 Å². The molecule has 130 valence electrons. The molecule has 0 radical (unpaired) electrons. The standard InChI is InChI=1S/C15H18N2O7/c1-7(19)16-11-13(21)12(20)10(6-18)23-14(11)17-8-4-2-3-5-9(8)24-15(17)22/h2-5,10-14,18,20-21H,6H2,1H3,(H,16,19). The van der Waals surface area contributed by atoms with Crippen LogP contribution in [0.3, 0.4) is 0 Å². The van der Waals surface area contributed by atoms with Crippen molar-refractivity contribution in [3.8, 4) is 0 Å². The largest absolute Gasteiger partial charge is 0.422 e. The highest BCUT2D eigenvalue weighted by Crippen LogP contribution is 2.30. The Kier molecular flexibility index (Phi) is 4.41. The molecule has 1 saturated heterocycles. The molecule has 5 unspecified atom stereocenters. The smallest absolute Gasteiger partial charge is 0.408 e. The predicted molar refractivity (Wildman–Crippen MR) is 81.1 cm³/mol. The van der Waals surface area contributed by atoms with E-state index in [2.05, 4.69) is 5.32 Å². The van der Waals surface area contributed by atoms with Crippen LogP contribution >= 0.6 is 0 Å². The van der Waals surface area contributed by atoms with Crippen molar-refractivity contribution in [3.63, 3.8) is 0 Å². The molecule has 9 nitrogen and oxygen atoms in total. The lowest BCUT2D eigenvalue weighted by Crippen LogP contribution is -2.62. The number of nitrogens with one attached hydrogen (secondary N) is 1. The van der Waals surface area contributed by atoms with Crippen molar-refractivity contribution >= 4 is 17.0 Å². The van der Waals surface area contributed by atoms with E-state index in [0.717, 1.165) is 4.57 Å². The number of carbonyl (C=O) groups excluding carboxylic acids is 1. The van der Waals surface area contributed by atoms with Crippen LogP contribution in [0.4, 0.5) is 0 Å². The average molecular weight is 338 g/mol. The first-order valence-corrected chi connectivity index (χ1v) is 7.43. The molecule has 1 amide bonds. The molecule has 5 atom stereocenters. The molecule has 0 spiro atoms. The lowest BCUT2D eigenvalue weighted by atomic mass is 9.95. The van der Waals surface area contributed by atoms with Gasteiger partial charge in [-0.25, -0.2) is 9.36 Å². The Bertz CT molecular complexity index is 798. The minimum atomic E-state index is -1.44. The number of oxazole rings is 1. The van der Waals surface area contributed by atoms with Gasteiger partial charge in [0.25, 0.3) is 0 Å². The molecule has 1 aliphatic rings. The Labute approximate surface area is 136 Å². The molecular weight excluding hydrogens is 320 g/mol. The highest BCUT2D eigenvalue weighted by atomic mass is 16.5. The molecule has 0 saturated carbocycles. The van der Waals surface area contributed by atoms with Crippen LogP contribution in [0.2, 0.25) is 0 Å². The molecule has 0 bridgehead atoms. The number of aliphatic hydroxyl groups excluding tert-OH is 3. The molecule has 1 aromatic heterocycles. The van der Waals surface area contributed by atoms with Gasteiger partial charge < -0.3 is 29.8 Å². The molecular formula is C15H18N2O7. The lowest BCUT2D eigenvalue weighted by Gasteiger charge is -2.42. The first kappa shape index (κ1) is 16.7. The Hall–Kier alpha value is -2.20. The summed E-state index contributed by atoms with van der Waals surface area (Å²) in [6, 6.07) is 5.51. The number of para-hydroxylation sites is 2. The Balaban J connectivity index is 2.11. The molecule has 1 aliphatic heterocycles. The summed E-state index contributed by atoms with van der Waals surface area (Å²) < 4.78 is 11.9. The van der Waals surface area contributed by atoms with Gasteiger partial charge in [0.1, 0.15) is 24.4 Å². The zero-order valence-electron chi connectivity index (χ0n) is 12.8. The number of benzene rings is 1. The quantitative estimate of drug-likeness (QED) is 0.547. The third kappa shape index (κ3) is 2.71. The van der Waals surface area contributed by atoms with Gasteiger partial charge in [-0.15, -0.1) is 0 Å². The first-order valence-electron chi connectivity index (χ1n) is 7.43. The second kappa shape index (κ2) is 6.36. The molecule has 2 heterocycles. The summed E-state index contributed by atoms with van der Waals surface area (Å²) in [5.74, 6) is -1.21. The number of aliphatic hydroxyl groups is 3. The topological polar surface area (TPSA) is 134 Å². The van der Waals surface area contributed by atoms with Crippen LogP contribution < -0.4 is 11.1 Å². The minimum absolute atomic E-state index is 0.314. The Morgan fingerprint density at radius 2 is 2.00 bits per heavy atom. The molecule has 4 N–H and O–H groups in total. The van der Waals surface area contributed by atoms with E-state index in [0.29, 0.717) is 11.1 Å². The Morgan fingerprint density at radius 1 is 1.29 bits per heavy atom. The molecule has 1 aromatic carbocycles. The van der Waals surface area contributed by atoms with E-state index in [9.17, 15) is 24.9 Å². The van der Waals surface area contributed by atoms with E-state index in [1.165, 1.54) is 6.92 Å². The summed E-state index contributed by atoms with van der Waals surface area (Å²) >= 11 is 0. The van der Waals surface area contributed by atoms with E-state index < -0.39 is 48.9 Å². The number of hydrogen-bond donors (Lipinski definition) is 4. The van der Waals surface area contributed by atoms with Gasteiger partial charge in [0.15, 0.2) is 11.8 Å². The molecule has 3 rings (SSSR count). The van der Waals surface area contributed by atoms with Crippen LogP contribution in [0.25, 0.3) is 11.1 Å². The zero-order chi connectivity index (χ0) is 17.4. The summed E-state index contributed by atoms with van der Waals surface area (Å²) in [6.45, 7) is 0.677. The normalized spacial score (nSPS) is 30.4. The fourth-order valence-electron chi connectivity index (χ4n) is 2.93. The fraction of sp³-hybridized carbons (Fsp3) is 0.467. The van der Waals surface area contributed by atoms with Crippen molar-refractivity contribution in [2.24, 2.45) is 0 Å². The molecule has 24 heavy (non-hydrogen) atoms. The van der Waals surface area contributed by atoms with Crippen molar-refractivity contribution < 1.29 is 29.3 Å². The first-order chi connectivity index (χ1) is 11.4. The third-order valence-electron chi connectivity index (χ3n) is 4.04. The highest BCUT2D eigenvalue weighted by Gasteiger charge is 2.46. The average Bonchev–Trinajstić information content (AvgIpc) is 2.88. The maximum atomic E-state index is 12.2. The van der Waals surface area contributed by atoms with Gasteiger partial charge in [0, 0.05) is 6.92 Å². The molecule has 0 aliphatic carbocycles. The van der Waals surface area contributed by atoms with Crippen LogP contribution in [-0.2, 0) is 9.53 Å². The van der Waals surface area contributed by atoms with Crippen molar-refractivity contribution in [3.05, 3.63) is 34.8 Å². The van der Waals surface area contributed by atoms with E-state index in [-0.39, 0.29) is 0 Å². The van der Waals surface area contributed by atoms with E-state index in [1.807, 2.05) is 0 Å². The van der Waals surface area contributed by atoms with Gasteiger partial charge in [-0.1, -0.05) is 12.1 Å². The molecule has 9 heteroatoms. The SMILES string of the molecule is CC(=O)NC1C(O)C(O)C(CO)OC1n1c(=O)oc2ccccc21. The van der Waals surface area contributed by atoms with Gasteiger partial charge in [0.2, 0.25) is 5.91 Å². The van der Waals surface area contributed by atoms with Gasteiger partial charge in [-0.05, 0) is 12.1 Å². The maximum absolute atomic E-state index is 12.2. The number of carbonyl (C=O) groups is 1. The Morgan fingerprint density at radius 3 is 2.67 bits per heavy atom. The van der Waals surface area contributed by atoms with Crippen molar-refractivity contribution in [1.29, 1.82) is 0 Å². The van der Waals surface area contributed by atoms with Crippen LogP contribution in [0.15, 0.2) is 33.5 Å². The monoisotopic (exact) mass is 338 g/mol. The van der Waals surface area contributed by atoms with Crippen LogP contribution in [0, 0.1) is 0 Å². The van der Waals surface area contributed by atoms with E-state index in [1.54, 1.807) is 24.3 Å². The molecule has 2 aromatic rings. The number of fused-ring (bicyclic) bond motifs is 1. The summed E-state index contributed by atoms with van der Waals surface area (Å²) in [7, 11) is 0. The number of hydrogen-bond acceptors (Lipinski definition) is 7. The number of ether oxygens (including phenoxy) is 1. The lowest BCUT2D eigenvalue weighted by molar-refractivity contribution is -0.216. The predicted octanol–water partition coefficient (Wildman–Crippen LogP) is -1.29. The van der Waals surface area contributed by atoms with Crippen molar-refractivity contribution in [1.82, 2.24) is 9.88 Å². The van der Waals surface area contributed by atoms with Crippen molar-refractivity contribution in [2.75, 3.05) is 6.61 Å². The second-order valence-electron chi connectivity index (χ2n) is 5.66. The van der Waals surface area contributed by atoms with Gasteiger partial charge in [-0.2, -0.15) is 0 Å². The number of aromatic nitrogens is 1. The second-order valence-corrected chi connectivity index (χ2v) is 5.66. The van der Waals surface area contributed by atoms with Crippen LogP contribution in [0.5, 0.6) is 0 Å². The maximum Gasteiger partial charge on any atom is 0.422 e. The van der Waals surface area contributed by atoms with Crippen LogP contribution in [-0.4, -0.2) is 56.8 Å². The van der Waals surface area contributed by atoms with E-state index >= 15 is 0 Å². The summed E-state index contributed by atoms with van der Waals surface area (Å²) in [6.07, 6.45) is -5.13. The minimum Gasteiger partial charge on any atom is -0.408 e. The summed E-state index contributed by atoms with van der Waals surface area (Å²) in [5.41, 5.74) is 0.719. The van der Waals surface area contributed by atoms with Crippen LogP contribution in [0.1, 0.15) is 13.2 Å². The van der Waals surface area contributed by atoms with Crippen molar-refractivity contribution in [2.45, 2.75) is 37.5 Å². The number of rotatable bonds is 3. The fourth-order valence-corrected chi connectivity index (χ4v) is 2.93. The number of nitrogens with zero attached hydrogens (tertiary/aromatic N) is 1. The van der Waals surface area contributed by atoms with Gasteiger partial charge >= 0.3 is 5.76 Å². The zero-order valence-corrected chi connectivity index (χ0v) is 12.8. The highest BCUT2D eigenvalue weighted by molar-refractivity contribution is 5.74. The number of amides is 1. The summed E-state index contributed by atoms with van der Waals surface area (Å²) in [5, 5.41) is 32.2. The van der Waals surface area contributed by atoms with Gasteiger partial charge in [0.05, 0.1) is 12.1 Å². The van der Waals surface area contributed by atoms with Gasteiger partial charge in [-0.3, -0.25) is 4.79 Å².